The molecule has 0 aromatic heterocycles. The maximum absolute atomic E-state index is 13.0. The fourth-order valence-electron chi connectivity index (χ4n) is 6.30. The standard InChI is InChI=1S/C37H54N6O9/c1-22(2)28-16-33(47)43(37(28)51)20-26-11-13-27(14-12-26)35(49)39-17-30(44)38-19-32(46)42-29(15-25-9-7-6-8-10-25)36(50)40-18-31(45)41-21-52-24(5)34(48)23(3)4/h6-10,22-24,26-29H,11-21H2,1-5H3,(H,38,44)(H,39,49)(H,40,50)(H,41,45)(H,42,46)/t24?,26?,27?,28?,29-/m0/s1. The highest BCUT2D eigenvalue weighted by Crippen LogP contribution is 2.33. The number of ether oxygens (including phenoxy) is 1. The number of nitrogens with zero attached hydrogens (tertiary/aromatic N) is 1. The number of hydrogen-bond acceptors (Lipinski definition) is 9. The van der Waals surface area contributed by atoms with Crippen LogP contribution in [0.25, 0.3) is 0 Å². The monoisotopic (exact) mass is 726 g/mol. The summed E-state index contributed by atoms with van der Waals surface area (Å²) < 4.78 is 5.34. The SMILES string of the molecule is CC(C)C(=O)C(C)OCNC(=O)CNC(=O)[C@H](Cc1ccccc1)NC(=O)CNC(=O)CNC(=O)C1CCC(CN2C(=O)CC(C(C)C)C2=O)CC1. The lowest BCUT2D eigenvalue weighted by molar-refractivity contribution is -0.141. The second kappa shape index (κ2) is 20.4. The van der Waals surface area contributed by atoms with Crippen molar-refractivity contribution >= 4 is 47.1 Å². The second-order valence-corrected chi connectivity index (χ2v) is 14.2. The zero-order chi connectivity index (χ0) is 38.4. The number of benzene rings is 1. The van der Waals surface area contributed by atoms with Crippen LogP contribution in [0.4, 0.5) is 0 Å². The van der Waals surface area contributed by atoms with Crippen molar-refractivity contribution < 1.29 is 43.1 Å². The van der Waals surface area contributed by atoms with Crippen LogP contribution in [0, 0.1) is 29.6 Å². The largest absolute Gasteiger partial charge is 0.351 e. The van der Waals surface area contributed by atoms with Crippen molar-refractivity contribution in [3.63, 3.8) is 0 Å². The Balaban J connectivity index is 1.39. The number of rotatable bonds is 19. The molecule has 2 fully saturated rings. The molecule has 15 heteroatoms. The molecule has 52 heavy (non-hydrogen) atoms. The van der Waals surface area contributed by atoms with E-state index in [1.807, 2.05) is 19.9 Å². The van der Waals surface area contributed by atoms with Gasteiger partial charge in [-0.3, -0.25) is 43.3 Å². The van der Waals surface area contributed by atoms with E-state index < -0.39 is 48.9 Å². The third-order valence-corrected chi connectivity index (χ3v) is 9.54. The molecule has 0 bridgehead atoms. The number of imide groups is 1. The number of ketones is 1. The molecule has 7 amide bonds. The predicted molar refractivity (Wildman–Crippen MR) is 190 cm³/mol. The lowest BCUT2D eigenvalue weighted by Crippen LogP contribution is -2.52. The maximum atomic E-state index is 13.0. The van der Waals surface area contributed by atoms with Gasteiger partial charge in [0.15, 0.2) is 5.78 Å². The third kappa shape index (κ3) is 13.1. The van der Waals surface area contributed by atoms with Crippen molar-refractivity contribution in [2.45, 2.75) is 85.3 Å². The van der Waals surface area contributed by atoms with Gasteiger partial charge in [-0.15, -0.1) is 0 Å². The molecule has 3 rings (SSSR count). The minimum absolute atomic E-state index is 0.105. The first-order chi connectivity index (χ1) is 24.7. The number of likely N-dealkylation sites (tertiary alicyclic amines) is 1. The first-order valence-electron chi connectivity index (χ1n) is 18.1. The molecular formula is C37H54N6O9. The van der Waals surface area contributed by atoms with E-state index >= 15 is 0 Å². The predicted octanol–water partition coefficient (Wildman–Crippen LogP) is 0.604. The summed E-state index contributed by atoms with van der Waals surface area (Å²) in [6.45, 7) is 7.94. The molecule has 1 heterocycles. The minimum Gasteiger partial charge on any atom is -0.351 e. The molecule has 0 spiro atoms. The molecule has 1 saturated heterocycles. The third-order valence-electron chi connectivity index (χ3n) is 9.54. The number of carbonyl (C=O) groups excluding carboxylic acids is 8. The van der Waals surface area contributed by atoms with Crippen LogP contribution in [-0.2, 0) is 49.5 Å². The zero-order valence-electron chi connectivity index (χ0n) is 30.8. The Kier molecular flexibility index (Phi) is 16.4. The van der Waals surface area contributed by atoms with Crippen LogP contribution in [0.2, 0.25) is 0 Å². The summed E-state index contributed by atoms with van der Waals surface area (Å²) in [7, 11) is 0. The molecule has 15 nitrogen and oxygen atoms in total. The molecule has 286 valence electrons. The van der Waals surface area contributed by atoms with Crippen LogP contribution in [0.1, 0.15) is 72.3 Å². The Morgan fingerprint density at radius 1 is 0.788 bits per heavy atom. The fourth-order valence-corrected chi connectivity index (χ4v) is 6.30. The van der Waals surface area contributed by atoms with E-state index in [-0.39, 0.29) is 79.2 Å². The topological polar surface area (TPSA) is 209 Å². The molecule has 1 aliphatic carbocycles. The van der Waals surface area contributed by atoms with E-state index in [2.05, 4.69) is 26.6 Å². The van der Waals surface area contributed by atoms with Crippen LogP contribution >= 0.6 is 0 Å². The van der Waals surface area contributed by atoms with Gasteiger partial charge in [0.25, 0.3) is 0 Å². The Labute approximate surface area is 305 Å². The highest BCUT2D eigenvalue weighted by atomic mass is 16.5. The van der Waals surface area contributed by atoms with E-state index in [1.54, 1.807) is 45.0 Å². The van der Waals surface area contributed by atoms with Gasteiger partial charge in [-0.1, -0.05) is 58.0 Å². The van der Waals surface area contributed by atoms with Gasteiger partial charge in [0.1, 0.15) is 18.9 Å². The van der Waals surface area contributed by atoms with Crippen molar-refractivity contribution in [2.24, 2.45) is 29.6 Å². The van der Waals surface area contributed by atoms with Crippen molar-refractivity contribution in [1.82, 2.24) is 31.5 Å². The summed E-state index contributed by atoms with van der Waals surface area (Å²) in [5, 5.41) is 12.6. The van der Waals surface area contributed by atoms with Crippen LogP contribution in [0.3, 0.4) is 0 Å². The summed E-state index contributed by atoms with van der Waals surface area (Å²) in [5.41, 5.74) is 0.753. The molecule has 0 radical (unpaired) electrons. The molecule has 1 saturated carbocycles. The Bertz CT molecular complexity index is 1440. The van der Waals surface area contributed by atoms with E-state index in [0.29, 0.717) is 32.2 Å². The maximum Gasteiger partial charge on any atom is 0.243 e. The summed E-state index contributed by atoms with van der Waals surface area (Å²) in [6.07, 6.45) is 2.19. The highest BCUT2D eigenvalue weighted by molar-refractivity contribution is 6.03. The zero-order valence-corrected chi connectivity index (χ0v) is 30.8. The summed E-state index contributed by atoms with van der Waals surface area (Å²) in [4.78, 5) is 102. The van der Waals surface area contributed by atoms with Gasteiger partial charge < -0.3 is 31.3 Å². The minimum atomic E-state index is -1.06. The number of amides is 7. The van der Waals surface area contributed by atoms with Gasteiger partial charge in [0.2, 0.25) is 41.4 Å². The van der Waals surface area contributed by atoms with Gasteiger partial charge in [0, 0.05) is 37.1 Å². The highest BCUT2D eigenvalue weighted by Gasteiger charge is 2.41. The average Bonchev–Trinajstić information content (AvgIpc) is 3.40. The van der Waals surface area contributed by atoms with Gasteiger partial charge >= 0.3 is 0 Å². The summed E-state index contributed by atoms with van der Waals surface area (Å²) in [5.74, 6) is -3.58. The molecule has 5 N–H and O–H groups in total. The van der Waals surface area contributed by atoms with Gasteiger partial charge in [-0.05, 0) is 50.0 Å². The van der Waals surface area contributed by atoms with Gasteiger partial charge in [0.05, 0.1) is 19.6 Å². The van der Waals surface area contributed by atoms with E-state index in [1.165, 1.54) is 4.90 Å². The van der Waals surface area contributed by atoms with Crippen LogP contribution in [0.15, 0.2) is 30.3 Å². The molecule has 1 aromatic rings. The number of Topliss-reactive ketones (excluding diaryl/α,β-unsaturated/α-hetero) is 1. The lowest BCUT2D eigenvalue weighted by atomic mass is 9.81. The normalized spacial score (nSPS) is 19.9. The first-order valence-corrected chi connectivity index (χ1v) is 18.1. The number of hydrogen-bond donors (Lipinski definition) is 5. The molecular weight excluding hydrogens is 672 g/mol. The van der Waals surface area contributed by atoms with Crippen LogP contribution < -0.4 is 26.6 Å². The smallest absolute Gasteiger partial charge is 0.243 e. The van der Waals surface area contributed by atoms with Crippen molar-refractivity contribution in [2.75, 3.05) is 32.9 Å². The lowest BCUT2D eigenvalue weighted by Gasteiger charge is -2.30. The molecule has 3 atom stereocenters. The van der Waals surface area contributed by atoms with Gasteiger partial charge in [-0.2, -0.15) is 0 Å². The van der Waals surface area contributed by atoms with E-state index in [0.717, 1.165) is 5.56 Å². The molecule has 1 aromatic carbocycles. The Hall–Kier alpha value is -4.66. The van der Waals surface area contributed by atoms with E-state index in [9.17, 15) is 38.4 Å². The Morgan fingerprint density at radius 3 is 2.02 bits per heavy atom. The molecule has 2 unspecified atom stereocenters. The second-order valence-electron chi connectivity index (χ2n) is 14.2. The first kappa shape index (κ1) is 41.8. The van der Waals surface area contributed by atoms with Crippen LogP contribution in [-0.4, -0.2) is 97.1 Å². The van der Waals surface area contributed by atoms with Crippen molar-refractivity contribution in [3.05, 3.63) is 35.9 Å². The van der Waals surface area contributed by atoms with E-state index in [4.69, 9.17) is 4.74 Å². The van der Waals surface area contributed by atoms with Gasteiger partial charge in [-0.25, -0.2) is 0 Å². The Morgan fingerprint density at radius 2 is 1.40 bits per heavy atom. The molecule has 1 aliphatic heterocycles. The van der Waals surface area contributed by atoms with Crippen LogP contribution in [0.5, 0.6) is 0 Å². The molecule has 2 aliphatic rings. The average molecular weight is 727 g/mol. The number of nitrogens with one attached hydrogen (secondary N) is 5. The fraction of sp³-hybridized carbons (Fsp3) is 0.622. The van der Waals surface area contributed by atoms with Crippen molar-refractivity contribution in [3.8, 4) is 0 Å². The van der Waals surface area contributed by atoms with Crippen molar-refractivity contribution in [1.29, 1.82) is 0 Å². The summed E-state index contributed by atoms with van der Waals surface area (Å²) >= 11 is 0. The number of carbonyl (C=O) groups is 8. The summed E-state index contributed by atoms with van der Waals surface area (Å²) in [6, 6.07) is 7.88. The quantitative estimate of drug-likeness (QED) is 0.0998.